The molecule has 4 rings (SSSR count). The molecule has 4 fully saturated rings. The summed E-state index contributed by atoms with van der Waals surface area (Å²) in [6, 6.07) is 0. The number of rotatable bonds is 1. The quantitative estimate of drug-likeness (QED) is 0.731. The second kappa shape index (κ2) is 4.70. The highest BCUT2D eigenvalue weighted by molar-refractivity contribution is 6.03. The van der Waals surface area contributed by atoms with Gasteiger partial charge in [0.25, 0.3) is 0 Å². The Balaban J connectivity index is 1.86. The maximum absolute atomic E-state index is 13.1. The summed E-state index contributed by atoms with van der Waals surface area (Å²) in [5.41, 5.74) is 0.0333. The lowest BCUT2D eigenvalue weighted by molar-refractivity contribution is -0.213. The summed E-state index contributed by atoms with van der Waals surface area (Å²) in [5.74, 6) is 0.804. The normalized spacial score (nSPS) is 51.3. The Labute approximate surface area is 139 Å². The Bertz CT molecular complexity index is 565. The molecular weight excluding hydrogens is 288 g/mol. The van der Waals surface area contributed by atoms with E-state index >= 15 is 0 Å². The highest BCUT2D eigenvalue weighted by Crippen LogP contribution is 2.70. The fraction of sp³-hybridized carbons (Fsp3) is 0.850. The number of allylic oxidation sites excluding steroid dienone is 1. The molecule has 4 aliphatic rings. The van der Waals surface area contributed by atoms with Crippen molar-refractivity contribution in [1.82, 2.24) is 0 Å². The molecule has 4 aliphatic carbocycles. The van der Waals surface area contributed by atoms with Gasteiger partial charge in [-0.05, 0) is 67.3 Å². The predicted octanol–water partition coefficient (Wildman–Crippen LogP) is 3.10. The lowest BCUT2D eigenvalue weighted by atomic mass is 9.40. The minimum atomic E-state index is -0.646. The first-order valence-electron chi connectivity index (χ1n) is 9.32. The lowest BCUT2D eigenvalue weighted by Gasteiger charge is -2.65. The molecule has 23 heavy (non-hydrogen) atoms. The van der Waals surface area contributed by atoms with Crippen molar-refractivity contribution in [2.24, 2.45) is 34.0 Å². The standard InChI is InChI=1S/C20H30O3/c1-12-13-5-6-14-19(11-21)8-4-7-18(2,3)15(19)9-16(22)20(14,10-13)17(12)23/h13-16,21-22H,1,4-11H2,2-3H3/t13-,14+,15-,16-,19-,20-/m1/s1. The van der Waals surface area contributed by atoms with Crippen molar-refractivity contribution in [2.75, 3.05) is 6.61 Å². The minimum Gasteiger partial charge on any atom is -0.396 e. The van der Waals surface area contributed by atoms with Crippen molar-refractivity contribution < 1.29 is 15.0 Å². The molecule has 0 radical (unpaired) electrons. The van der Waals surface area contributed by atoms with E-state index < -0.39 is 11.5 Å². The Morgan fingerprint density at radius 1 is 1.22 bits per heavy atom. The summed E-state index contributed by atoms with van der Waals surface area (Å²) < 4.78 is 0. The molecule has 2 N–H and O–H groups in total. The van der Waals surface area contributed by atoms with Crippen LogP contribution in [-0.2, 0) is 4.79 Å². The van der Waals surface area contributed by atoms with Crippen molar-refractivity contribution in [3.8, 4) is 0 Å². The average Bonchev–Trinajstić information content (AvgIpc) is 2.71. The molecule has 3 nitrogen and oxygen atoms in total. The second-order valence-corrected chi connectivity index (χ2v) is 9.46. The lowest BCUT2D eigenvalue weighted by Crippen LogP contribution is -2.65. The van der Waals surface area contributed by atoms with Gasteiger partial charge in [-0.1, -0.05) is 26.8 Å². The molecule has 0 unspecified atom stereocenters. The highest BCUT2D eigenvalue weighted by Gasteiger charge is 2.70. The number of carbonyl (C=O) groups is 1. The van der Waals surface area contributed by atoms with Crippen LogP contribution in [0.15, 0.2) is 12.2 Å². The summed E-state index contributed by atoms with van der Waals surface area (Å²) in [6.07, 6.45) is 6.09. The summed E-state index contributed by atoms with van der Waals surface area (Å²) in [6.45, 7) is 8.78. The Kier molecular flexibility index (Phi) is 3.23. The van der Waals surface area contributed by atoms with Gasteiger partial charge in [-0.25, -0.2) is 0 Å². The van der Waals surface area contributed by atoms with Gasteiger partial charge in [-0.3, -0.25) is 4.79 Å². The summed E-state index contributed by atoms with van der Waals surface area (Å²) >= 11 is 0. The monoisotopic (exact) mass is 318 g/mol. The van der Waals surface area contributed by atoms with Gasteiger partial charge in [0.1, 0.15) is 0 Å². The van der Waals surface area contributed by atoms with E-state index in [1.54, 1.807) is 0 Å². The van der Waals surface area contributed by atoms with E-state index in [1.165, 1.54) is 0 Å². The SMILES string of the molecule is C=C1C(=O)[C@]23C[C@H]1CC[C@H]2[C@]1(CO)CCCC(C)(C)[C@H]1C[C@H]3O. The van der Waals surface area contributed by atoms with Crippen molar-refractivity contribution in [1.29, 1.82) is 0 Å². The largest absolute Gasteiger partial charge is 0.396 e. The fourth-order valence-corrected chi connectivity index (χ4v) is 7.33. The summed E-state index contributed by atoms with van der Waals surface area (Å²) in [4.78, 5) is 13.1. The molecule has 128 valence electrons. The van der Waals surface area contributed by atoms with Crippen LogP contribution in [0.4, 0.5) is 0 Å². The van der Waals surface area contributed by atoms with Crippen LogP contribution in [-0.4, -0.2) is 28.7 Å². The molecule has 0 heterocycles. The molecule has 0 aliphatic heterocycles. The van der Waals surface area contributed by atoms with E-state index in [2.05, 4.69) is 20.4 Å². The smallest absolute Gasteiger partial charge is 0.167 e. The van der Waals surface area contributed by atoms with E-state index in [0.717, 1.165) is 44.1 Å². The van der Waals surface area contributed by atoms with Crippen LogP contribution in [0.2, 0.25) is 0 Å². The first kappa shape index (κ1) is 15.8. The van der Waals surface area contributed by atoms with E-state index in [-0.39, 0.29) is 35.1 Å². The summed E-state index contributed by atoms with van der Waals surface area (Å²) in [7, 11) is 0. The zero-order chi connectivity index (χ0) is 16.6. The highest BCUT2D eigenvalue weighted by atomic mass is 16.3. The molecule has 6 atom stereocenters. The number of aliphatic hydroxyl groups excluding tert-OH is 2. The minimum absolute atomic E-state index is 0.118. The maximum Gasteiger partial charge on any atom is 0.167 e. The van der Waals surface area contributed by atoms with Gasteiger partial charge in [0.15, 0.2) is 5.78 Å². The first-order chi connectivity index (χ1) is 10.8. The Hall–Kier alpha value is -0.670. The fourth-order valence-electron chi connectivity index (χ4n) is 7.33. The van der Waals surface area contributed by atoms with Crippen LogP contribution in [0.3, 0.4) is 0 Å². The maximum atomic E-state index is 13.1. The van der Waals surface area contributed by atoms with Gasteiger partial charge < -0.3 is 10.2 Å². The molecule has 1 spiro atoms. The van der Waals surface area contributed by atoms with Gasteiger partial charge in [0.2, 0.25) is 0 Å². The van der Waals surface area contributed by atoms with Gasteiger partial charge in [-0.2, -0.15) is 0 Å². The van der Waals surface area contributed by atoms with Crippen LogP contribution in [0.5, 0.6) is 0 Å². The third-order valence-corrected chi connectivity index (χ3v) is 8.36. The molecule has 4 saturated carbocycles. The number of hydrogen-bond acceptors (Lipinski definition) is 3. The predicted molar refractivity (Wildman–Crippen MR) is 88.7 cm³/mol. The van der Waals surface area contributed by atoms with Crippen LogP contribution in [0, 0.1) is 34.0 Å². The molecule has 0 amide bonds. The van der Waals surface area contributed by atoms with E-state index in [9.17, 15) is 15.0 Å². The van der Waals surface area contributed by atoms with Crippen molar-refractivity contribution in [2.45, 2.75) is 64.9 Å². The third kappa shape index (κ3) is 1.71. The van der Waals surface area contributed by atoms with E-state index in [4.69, 9.17) is 0 Å². The average molecular weight is 318 g/mol. The van der Waals surface area contributed by atoms with Crippen molar-refractivity contribution in [3.05, 3.63) is 12.2 Å². The topological polar surface area (TPSA) is 57.5 Å². The van der Waals surface area contributed by atoms with Gasteiger partial charge in [0.05, 0.1) is 11.5 Å². The molecule has 0 aromatic rings. The molecular formula is C20H30O3. The Morgan fingerprint density at radius 3 is 2.65 bits per heavy atom. The van der Waals surface area contributed by atoms with Gasteiger partial charge in [-0.15, -0.1) is 0 Å². The number of carbonyl (C=O) groups excluding carboxylic acids is 1. The second-order valence-electron chi connectivity index (χ2n) is 9.46. The molecule has 3 heteroatoms. The van der Waals surface area contributed by atoms with E-state index in [1.807, 2.05) is 0 Å². The number of Topliss-reactive ketones (excluding diaryl/α,β-unsaturated/α-hetero) is 1. The molecule has 0 aromatic carbocycles. The van der Waals surface area contributed by atoms with Gasteiger partial charge >= 0.3 is 0 Å². The summed E-state index contributed by atoms with van der Waals surface area (Å²) in [5, 5.41) is 21.6. The number of ketones is 1. The zero-order valence-corrected chi connectivity index (χ0v) is 14.5. The van der Waals surface area contributed by atoms with Crippen molar-refractivity contribution >= 4 is 5.78 Å². The van der Waals surface area contributed by atoms with Gasteiger partial charge in [0, 0.05) is 12.0 Å². The van der Waals surface area contributed by atoms with Crippen molar-refractivity contribution in [3.63, 3.8) is 0 Å². The van der Waals surface area contributed by atoms with Crippen LogP contribution in [0.25, 0.3) is 0 Å². The van der Waals surface area contributed by atoms with Crippen LogP contribution < -0.4 is 0 Å². The molecule has 0 aromatic heterocycles. The Morgan fingerprint density at radius 2 is 1.96 bits per heavy atom. The molecule has 2 bridgehead atoms. The third-order valence-electron chi connectivity index (χ3n) is 8.36. The zero-order valence-electron chi connectivity index (χ0n) is 14.5. The number of hydrogen-bond donors (Lipinski definition) is 2. The molecule has 0 saturated heterocycles. The van der Waals surface area contributed by atoms with Crippen LogP contribution in [0.1, 0.15) is 58.8 Å². The van der Waals surface area contributed by atoms with Crippen LogP contribution >= 0.6 is 0 Å². The first-order valence-corrected chi connectivity index (χ1v) is 9.32. The number of aliphatic hydroxyl groups is 2. The number of fused-ring (bicyclic) bond motifs is 3. The van der Waals surface area contributed by atoms with E-state index in [0.29, 0.717) is 12.3 Å².